The fraction of sp³-hybridized carbons (Fsp3) is 0.929. The molecule has 0 aliphatic carbocycles. The SMILES string of the molecule is CCCC(C)(C)C[C@@H](C)OC(=O)[C@H]1CCCN1. The van der Waals surface area contributed by atoms with E-state index in [4.69, 9.17) is 4.74 Å². The molecule has 2 atom stereocenters. The molecular weight excluding hydrogens is 214 g/mol. The summed E-state index contributed by atoms with van der Waals surface area (Å²) >= 11 is 0. The molecule has 1 aliphatic rings. The highest BCUT2D eigenvalue weighted by molar-refractivity contribution is 5.76. The summed E-state index contributed by atoms with van der Waals surface area (Å²) in [7, 11) is 0. The Morgan fingerprint density at radius 2 is 2.24 bits per heavy atom. The maximum Gasteiger partial charge on any atom is 0.323 e. The lowest BCUT2D eigenvalue weighted by Gasteiger charge is -2.28. The lowest BCUT2D eigenvalue weighted by molar-refractivity contribution is -0.151. The number of carbonyl (C=O) groups excluding carboxylic acids is 1. The molecule has 0 radical (unpaired) electrons. The van der Waals surface area contributed by atoms with E-state index in [9.17, 15) is 4.79 Å². The van der Waals surface area contributed by atoms with E-state index in [0.29, 0.717) is 0 Å². The Hall–Kier alpha value is -0.570. The van der Waals surface area contributed by atoms with Crippen molar-refractivity contribution in [3.8, 4) is 0 Å². The summed E-state index contributed by atoms with van der Waals surface area (Å²) in [6.45, 7) is 9.63. The van der Waals surface area contributed by atoms with Gasteiger partial charge in [0.25, 0.3) is 0 Å². The van der Waals surface area contributed by atoms with E-state index in [1.165, 1.54) is 12.8 Å². The molecule has 0 aromatic rings. The van der Waals surface area contributed by atoms with Crippen LogP contribution in [0.3, 0.4) is 0 Å². The maximum atomic E-state index is 11.8. The van der Waals surface area contributed by atoms with E-state index < -0.39 is 0 Å². The molecule has 0 aromatic carbocycles. The second-order valence-corrected chi connectivity index (χ2v) is 6.01. The van der Waals surface area contributed by atoms with Crippen molar-refractivity contribution in [1.29, 1.82) is 0 Å². The van der Waals surface area contributed by atoms with Gasteiger partial charge in [-0.05, 0) is 44.6 Å². The monoisotopic (exact) mass is 241 g/mol. The van der Waals surface area contributed by atoms with E-state index in [0.717, 1.165) is 25.8 Å². The van der Waals surface area contributed by atoms with E-state index >= 15 is 0 Å². The molecule has 3 heteroatoms. The Morgan fingerprint density at radius 1 is 1.53 bits per heavy atom. The van der Waals surface area contributed by atoms with Crippen LogP contribution in [-0.2, 0) is 9.53 Å². The molecule has 0 spiro atoms. The van der Waals surface area contributed by atoms with Gasteiger partial charge in [0, 0.05) is 0 Å². The number of carbonyl (C=O) groups is 1. The third-order valence-corrected chi connectivity index (χ3v) is 3.43. The van der Waals surface area contributed by atoms with Gasteiger partial charge in [-0.3, -0.25) is 4.79 Å². The third-order valence-electron chi connectivity index (χ3n) is 3.43. The van der Waals surface area contributed by atoms with E-state index in [-0.39, 0.29) is 23.5 Å². The number of nitrogens with one attached hydrogen (secondary N) is 1. The second-order valence-electron chi connectivity index (χ2n) is 6.01. The Kier molecular flexibility index (Phi) is 5.44. The normalized spacial score (nSPS) is 22.5. The maximum absolute atomic E-state index is 11.8. The van der Waals surface area contributed by atoms with Crippen LogP contribution in [0.2, 0.25) is 0 Å². The Morgan fingerprint density at radius 3 is 2.76 bits per heavy atom. The van der Waals surface area contributed by atoms with E-state index in [1.807, 2.05) is 6.92 Å². The first-order valence-corrected chi connectivity index (χ1v) is 6.88. The quantitative estimate of drug-likeness (QED) is 0.727. The summed E-state index contributed by atoms with van der Waals surface area (Å²) in [6, 6.07) is -0.0632. The minimum atomic E-state index is -0.0673. The largest absolute Gasteiger partial charge is 0.461 e. The number of rotatable bonds is 6. The zero-order chi connectivity index (χ0) is 12.9. The van der Waals surface area contributed by atoms with Crippen molar-refractivity contribution in [2.45, 2.75) is 71.9 Å². The van der Waals surface area contributed by atoms with Crippen molar-refractivity contribution in [3.05, 3.63) is 0 Å². The fourth-order valence-corrected chi connectivity index (χ4v) is 2.76. The van der Waals surface area contributed by atoms with Crippen molar-refractivity contribution < 1.29 is 9.53 Å². The number of hydrogen-bond donors (Lipinski definition) is 1. The first kappa shape index (κ1) is 14.5. The summed E-state index contributed by atoms with van der Waals surface area (Å²) in [6.07, 6.45) is 5.32. The van der Waals surface area contributed by atoms with Crippen LogP contribution in [0.25, 0.3) is 0 Å². The molecule has 0 aromatic heterocycles. The highest BCUT2D eigenvalue weighted by Gasteiger charge is 2.27. The van der Waals surface area contributed by atoms with Gasteiger partial charge in [-0.1, -0.05) is 27.2 Å². The summed E-state index contributed by atoms with van der Waals surface area (Å²) in [5.74, 6) is -0.0673. The average Bonchev–Trinajstić information content (AvgIpc) is 2.68. The highest BCUT2D eigenvalue weighted by Crippen LogP contribution is 2.29. The highest BCUT2D eigenvalue weighted by atomic mass is 16.5. The summed E-state index contributed by atoms with van der Waals surface area (Å²) in [4.78, 5) is 11.8. The molecular formula is C14H27NO2. The molecule has 0 saturated carbocycles. The minimum Gasteiger partial charge on any atom is -0.461 e. The molecule has 1 saturated heterocycles. The summed E-state index contributed by atoms with van der Waals surface area (Å²) < 4.78 is 5.52. The van der Waals surface area contributed by atoms with Gasteiger partial charge in [0.1, 0.15) is 6.04 Å². The Balaban J connectivity index is 2.32. The van der Waals surface area contributed by atoms with Crippen LogP contribution < -0.4 is 5.32 Å². The van der Waals surface area contributed by atoms with Crippen LogP contribution in [0.5, 0.6) is 0 Å². The number of ether oxygens (including phenoxy) is 1. The van der Waals surface area contributed by atoms with Crippen LogP contribution in [0.4, 0.5) is 0 Å². The summed E-state index contributed by atoms with van der Waals surface area (Å²) in [5, 5.41) is 3.18. The first-order chi connectivity index (χ1) is 7.94. The van der Waals surface area contributed by atoms with E-state index in [2.05, 4.69) is 26.1 Å². The lowest BCUT2D eigenvalue weighted by Crippen LogP contribution is -2.35. The zero-order valence-corrected chi connectivity index (χ0v) is 11.7. The van der Waals surface area contributed by atoms with Gasteiger partial charge in [-0.2, -0.15) is 0 Å². The molecule has 0 bridgehead atoms. The van der Waals surface area contributed by atoms with Crippen LogP contribution in [0.15, 0.2) is 0 Å². The molecule has 17 heavy (non-hydrogen) atoms. The van der Waals surface area contributed by atoms with Crippen LogP contribution in [0.1, 0.15) is 59.8 Å². The minimum absolute atomic E-state index is 0.0199. The molecule has 3 nitrogen and oxygen atoms in total. The molecule has 0 unspecified atom stereocenters. The molecule has 100 valence electrons. The Bertz CT molecular complexity index is 245. The van der Waals surface area contributed by atoms with Crippen molar-refractivity contribution >= 4 is 5.97 Å². The molecule has 1 N–H and O–H groups in total. The average molecular weight is 241 g/mol. The standard InChI is InChI=1S/C14H27NO2/c1-5-8-14(3,4)10-11(2)17-13(16)12-7-6-9-15-12/h11-12,15H,5-10H2,1-4H3/t11-,12-/m1/s1. The lowest BCUT2D eigenvalue weighted by atomic mass is 9.83. The van der Waals surface area contributed by atoms with Gasteiger partial charge in [-0.25, -0.2) is 0 Å². The smallest absolute Gasteiger partial charge is 0.323 e. The molecule has 1 fully saturated rings. The van der Waals surface area contributed by atoms with Crippen LogP contribution in [-0.4, -0.2) is 24.7 Å². The first-order valence-electron chi connectivity index (χ1n) is 6.88. The third kappa shape index (κ3) is 5.07. The van der Waals surface area contributed by atoms with Gasteiger partial charge in [-0.15, -0.1) is 0 Å². The molecule has 1 aliphatic heterocycles. The van der Waals surface area contributed by atoms with Gasteiger partial charge in [0.05, 0.1) is 6.10 Å². The van der Waals surface area contributed by atoms with Gasteiger partial charge in [0.2, 0.25) is 0 Å². The molecule has 0 amide bonds. The molecule has 1 rings (SSSR count). The van der Waals surface area contributed by atoms with Gasteiger partial charge < -0.3 is 10.1 Å². The zero-order valence-electron chi connectivity index (χ0n) is 11.7. The summed E-state index contributed by atoms with van der Waals surface area (Å²) in [5.41, 5.74) is 0.261. The van der Waals surface area contributed by atoms with Crippen molar-refractivity contribution in [3.63, 3.8) is 0 Å². The number of hydrogen-bond acceptors (Lipinski definition) is 3. The molecule has 1 heterocycles. The predicted octanol–water partition coefficient (Wildman–Crippen LogP) is 2.89. The number of esters is 1. The van der Waals surface area contributed by atoms with Crippen molar-refractivity contribution in [1.82, 2.24) is 5.32 Å². The fourth-order valence-electron chi connectivity index (χ4n) is 2.76. The Labute approximate surface area is 105 Å². The predicted molar refractivity (Wildman–Crippen MR) is 69.9 cm³/mol. The van der Waals surface area contributed by atoms with Gasteiger partial charge >= 0.3 is 5.97 Å². The van der Waals surface area contributed by atoms with Crippen LogP contribution in [0, 0.1) is 5.41 Å². The van der Waals surface area contributed by atoms with Crippen molar-refractivity contribution in [2.75, 3.05) is 6.54 Å². The second kappa shape index (κ2) is 6.39. The van der Waals surface area contributed by atoms with Gasteiger partial charge in [0.15, 0.2) is 0 Å². The van der Waals surface area contributed by atoms with Crippen LogP contribution >= 0.6 is 0 Å². The van der Waals surface area contributed by atoms with E-state index in [1.54, 1.807) is 0 Å². The van der Waals surface area contributed by atoms with Crippen molar-refractivity contribution in [2.24, 2.45) is 5.41 Å². The topological polar surface area (TPSA) is 38.3 Å².